The minimum absolute atomic E-state index is 0.0497. The van der Waals surface area contributed by atoms with E-state index in [0.29, 0.717) is 0 Å². The average Bonchev–Trinajstić information content (AvgIpc) is 2.36. The van der Waals surface area contributed by atoms with Gasteiger partial charge < -0.3 is 14.5 Å². The summed E-state index contributed by atoms with van der Waals surface area (Å²) in [5.74, 6) is -1.61. The van der Waals surface area contributed by atoms with E-state index in [9.17, 15) is 19.2 Å². The van der Waals surface area contributed by atoms with E-state index in [1.165, 1.54) is 30.7 Å². The molecule has 112 valence electrons. The van der Waals surface area contributed by atoms with Gasteiger partial charge in [0.25, 0.3) is 0 Å². The second-order valence-corrected chi connectivity index (χ2v) is 5.27. The molecule has 1 heterocycles. The zero-order valence-electron chi connectivity index (χ0n) is 12.3. The molecule has 0 aliphatic carbocycles. The highest BCUT2D eigenvalue weighted by Gasteiger charge is 2.39. The Morgan fingerprint density at radius 2 is 1.80 bits per heavy atom. The number of piperazine rings is 1. The van der Waals surface area contributed by atoms with Crippen LogP contribution < -0.4 is 0 Å². The van der Waals surface area contributed by atoms with Gasteiger partial charge >= 0.3 is 5.97 Å². The first-order chi connectivity index (χ1) is 9.20. The topological polar surface area (TPSA) is 84.0 Å². The normalized spacial score (nSPS) is 16.4. The SMILES string of the molecule is CCOC(=O)C(C)(C)C(=O)CN1CC(=O)N(C)CC1=O. The maximum atomic E-state index is 12.2. The number of hydrogen-bond acceptors (Lipinski definition) is 5. The number of ether oxygens (including phenoxy) is 1. The fourth-order valence-corrected chi connectivity index (χ4v) is 1.70. The van der Waals surface area contributed by atoms with Gasteiger partial charge in [0.15, 0.2) is 5.78 Å². The third-order valence-corrected chi connectivity index (χ3v) is 3.29. The molecule has 7 heteroatoms. The van der Waals surface area contributed by atoms with Gasteiger partial charge in [-0.2, -0.15) is 0 Å². The molecule has 1 fully saturated rings. The predicted octanol–water partition coefficient (Wildman–Crippen LogP) is -0.555. The van der Waals surface area contributed by atoms with Crippen molar-refractivity contribution < 1.29 is 23.9 Å². The Kier molecular flexibility index (Phi) is 4.86. The maximum absolute atomic E-state index is 12.2. The lowest BCUT2D eigenvalue weighted by atomic mass is 9.87. The first-order valence-corrected chi connectivity index (χ1v) is 6.42. The van der Waals surface area contributed by atoms with Crippen LogP contribution in [-0.2, 0) is 23.9 Å². The van der Waals surface area contributed by atoms with Crippen LogP contribution in [0.1, 0.15) is 20.8 Å². The third kappa shape index (κ3) is 3.34. The van der Waals surface area contributed by atoms with E-state index in [-0.39, 0.29) is 38.1 Å². The van der Waals surface area contributed by atoms with Gasteiger partial charge in [-0.1, -0.05) is 0 Å². The number of rotatable bonds is 5. The molecule has 1 rings (SSSR count). The molecule has 2 amide bonds. The van der Waals surface area contributed by atoms with Gasteiger partial charge in [0.1, 0.15) is 12.0 Å². The molecule has 20 heavy (non-hydrogen) atoms. The quantitative estimate of drug-likeness (QED) is 0.499. The van der Waals surface area contributed by atoms with E-state index in [1.54, 1.807) is 6.92 Å². The van der Waals surface area contributed by atoms with E-state index in [0.717, 1.165) is 0 Å². The Balaban J connectivity index is 2.72. The monoisotopic (exact) mass is 284 g/mol. The van der Waals surface area contributed by atoms with Gasteiger partial charge in [0.2, 0.25) is 11.8 Å². The summed E-state index contributed by atoms with van der Waals surface area (Å²) in [6.45, 7) is 4.30. The Morgan fingerprint density at radius 1 is 1.20 bits per heavy atom. The van der Waals surface area contributed by atoms with Crippen LogP contribution in [0.3, 0.4) is 0 Å². The van der Waals surface area contributed by atoms with Crippen molar-refractivity contribution in [3.05, 3.63) is 0 Å². The predicted molar refractivity (Wildman–Crippen MR) is 69.6 cm³/mol. The van der Waals surface area contributed by atoms with Crippen LogP contribution in [0.5, 0.6) is 0 Å². The van der Waals surface area contributed by atoms with Crippen molar-refractivity contribution in [2.24, 2.45) is 5.41 Å². The Labute approximate surface area is 117 Å². The van der Waals surface area contributed by atoms with Crippen molar-refractivity contribution in [1.29, 1.82) is 0 Å². The standard InChI is InChI=1S/C13H20N2O5/c1-5-20-12(19)13(2,3)9(16)6-15-8-10(17)14(4)7-11(15)18/h5-8H2,1-4H3. The van der Waals surface area contributed by atoms with Crippen molar-refractivity contribution in [3.8, 4) is 0 Å². The van der Waals surface area contributed by atoms with E-state index < -0.39 is 17.2 Å². The van der Waals surface area contributed by atoms with Crippen LogP contribution in [0, 0.1) is 5.41 Å². The summed E-state index contributed by atoms with van der Waals surface area (Å²) in [6.07, 6.45) is 0. The van der Waals surface area contributed by atoms with Crippen molar-refractivity contribution in [2.45, 2.75) is 20.8 Å². The van der Waals surface area contributed by atoms with Crippen LogP contribution in [-0.4, -0.2) is 66.7 Å². The highest BCUT2D eigenvalue weighted by Crippen LogP contribution is 2.20. The van der Waals surface area contributed by atoms with Crippen LogP contribution >= 0.6 is 0 Å². The maximum Gasteiger partial charge on any atom is 0.319 e. The molecule has 1 aliphatic rings. The summed E-state index contributed by atoms with van der Waals surface area (Å²) in [7, 11) is 1.53. The molecule has 7 nitrogen and oxygen atoms in total. The van der Waals surface area contributed by atoms with Gasteiger partial charge in [-0.25, -0.2) is 0 Å². The van der Waals surface area contributed by atoms with Crippen LogP contribution in [0.2, 0.25) is 0 Å². The van der Waals surface area contributed by atoms with Gasteiger partial charge in [-0.05, 0) is 20.8 Å². The molecular formula is C13H20N2O5. The smallest absolute Gasteiger partial charge is 0.319 e. The van der Waals surface area contributed by atoms with Crippen LogP contribution in [0.25, 0.3) is 0 Å². The number of ketones is 1. The molecule has 0 aromatic rings. The largest absolute Gasteiger partial charge is 0.465 e. The lowest BCUT2D eigenvalue weighted by Gasteiger charge is -2.32. The summed E-state index contributed by atoms with van der Waals surface area (Å²) < 4.78 is 4.84. The lowest BCUT2D eigenvalue weighted by molar-refractivity contribution is -0.160. The average molecular weight is 284 g/mol. The molecule has 0 spiro atoms. The zero-order valence-corrected chi connectivity index (χ0v) is 12.3. The fraction of sp³-hybridized carbons (Fsp3) is 0.692. The summed E-state index contributed by atoms with van der Waals surface area (Å²) in [5.41, 5.74) is -1.33. The molecule has 0 radical (unpaired) electrons. The van der Waals surface area contributed by atoms with Crippen LogP contribution in [0.4, 0.5) is 0 Å². The van der Waals surface area contributed by atoms with Gasteiger partial charge in [-0.3, -0.25) is 19.2 Å². The summed E-state index contributed by atoms with van der Waals surface area (Å²) >= 11 is 0. The molecule has 0 N–H and O–H groups in total. The highest BCUT2D eigenvalue weighted by atomic mass is 16.5. The second-order valence-electron chi connectivity index (χ2n) is 5.27. The van der Waals surface area contributed by atoms with Crippen molar-refractivity contribution in [3.63, 3.8) is 0 Å². The Morgan fingerprint density at radius 3 is 2.35 bits per heavy atom. The summed E-state index contributed by atoms with van der Waals surface area (Å²) in [5, 5.41) is 0. The Bertz CT molecular complexity index is 444. The number of carbonyl (C=O) groups is 4. The molecule has 0 saturated carbocycles. The first kappa shape index (κ1) is 16.1. The van der Waals surface area contributed by atoms with E-state index >= 15 is 0 Å². The van der Waals surface area contributed by atoms with Gasteiger partial charge in [0, 0.05) is 7.05 Å². The molecule has 0 atom stereocenters. The number of esters is 1. The number of Topliss-reactive ketones (excluding diaryl/α,β-unsaturated/α-hetero) is 1. The number of amides is 2. The van der Waals surface area contributed by atoms with E-state index in [1.807, 2.05) is 0 Å². The third-order valence-electron chi connectivity index (χ3n) is 3.29. The van der Waals surface area contributed by atoms with Crippen molar-refractivity contribution in [1.82, 2.24) is 9.80 Å². The van der Waals surface area contributed by atoms with Gasteiger partial charge in [0.05, 0.1) is 19.7 Å². The lowest BCUT2D eigenvalue weighted by Crippen LogP contribution is -2.55. The van der Waals surface area contributed by atoms with E-state index in [4.69, 9.17) is 4.74 Å². The van der Waals surface area contributed by atoms with E-state index in [2.05, 4.69) is 0 Å². The summed E-state index contributed by atoms with van der Waals surface area (Å²) in [4.78, 5) is 49.7. The fourth-order valence-electron chi connectivity index (χ4n) is 1.70. The van der Waals surface area contributed by atoms with Crippen molar-refractivity contribution >= 4 is 23.6 Å². The summed E-state index contributed by atoms with van der Waals surface area (Å²) in [6, 6.07) is 0. The number of likely N-dealkylation sites (N-methyl/N-ethyl adjacent to an activating group) is 1. The minimum Gasteiger partial charge on any atom is -0.465 e. The molecule has 0 bridgehead atoms. The molecular weight excluding hydrogens is 264 g/mol. The Hall–Kier alpha value is -1.92. The number of carbonyl (C=O) groups excluding carboxylic acids is 4. The molecule has 0 aromatic carbocycles. The zero-order chi connectivity index (χ0) is 15.5. The molecule has 0 aromatic heterocycles. The van der Waals surface area contributed by atoms with Crippen LogP contribution in [0.15, 0.2) is 0 Å². The van der Waals surface area contributed by atoms with Gasteiger partial charge in [-0.15, -0.1) is 0 Å². The second kappa shape index (κ2) is 6.02. The molecule has 1 aliphatic heterocycles. The van der Waals surface area contributed by atoms with Crippen molar-refractivity contribution in [2.75, 3.05) is 33.3 Å². The highest BCUT2D eigenvalue weighted by molar-refractivity contribution is 6.05. The molecule has 1 saturated heterocycles. The molecule has 0 unspecified atom stereocenters. The number of hydrogen-bond donors (Lipinski definition) is 0. The first-order valence-electron chi connectivity index (χ1n) is 6.42. The number of nitrogens with zero attached hydrogens (tertiary/aromatic N) is 2. The minimum atomic E-state index is -1.33.